The first-order valence-corrected chi connectivity index (χ1v) is 7.91. The summed E-state index contributed by atoms with van der Waals surface area (Å²) in [6.07, 6.45) is 0. The van der Waals surface area contributed by atoms with Gasteiger partial charge < -0.3 is 11.1 Å². The monoisotopic (exact) mass is 364 g/mol. The summed E-state index contributed by atoms with van der Waals surface area (Å²) in [6, 6.07) is 14.2. The number of nitrogens with two attached hydrogens (primary N) is 1. The Balaban J connectivity index is 1.90. The van der Waals surface area contributed by atoms with Gasteiger partial charge >= 0.3 is 0 Å². The summed E-state index contributed by atoms with van der Waals surface area (Å²) in [6.45, 7) is 0. The van der Waals surface area contributed by atoms with E-state index in [9.17, 15) is 9.59 Å². The molecule has 6 heteroatoms. The normalized spacial score (nSPS) is 10.1. The van der Waals surface area contributed by atoms with E-state index in [4.69, 9.17) is 5.73 Å². The molecule has 0 bridgehead atoms. The third-order valence-electron chi connectivity index (χ3n) is 2.65. The van der Waals surface area contributed by atoms with Crippen LogP contribution in [0.3, 0.4) is 0 Å². The van der Waals surface area contributed by atoms with Crippen molar-refractivity contribution in [2.45, 2.75) is 4.90 Å². The highest BCUT2D eigenvalue weighted by molar-refractivity contribution is 9.10. The first-order chi connectivity index (χ1) is 10.1. The summed E-state index contributed by atoms with van der Waals surface area (Å²) in [4.78, 5) is 23.8. The molecule has 0 heterocycles. The fraction of sp³-hybridized carbons (Fsp3) is 0.0667. The van der Waals surface area contributed by atoms with E-state index in [-0.39, 0.29) is 5.91 Å². The molecule has 2 amide bonds. The van der Waals surface area contributed by atoms with Gasteiger partial charge in [0.25, 0.3) is 0 Å². The van der Waals surface area contributed by atoms with E-state index in [0.29, 0.717) is 17.0 Å². The summed E-state index contributed by atoms with van der Waals surface area (Å²) in [5, 5.41) is 2.77. The third-order valence-corrected chi connectivity index (χ3v) is 4.68. The van der Waals surface area contributed by atoms with Gasteiger partial charge in [-0.25, -0.2) is 0 Å². The van der Waals surface area contributed by atoms with E-state index in [1.54, 1.807) is 24.3 Å². The number of hydrogen-bond donors (Lipinski definition) is 2. The van der Waals surface area contributed by atoms with Gasteiger partial charge in [-0.2, -0.15) is 0 Å². The Bertz CT molecular complexity index is 659. The van der Waals surface area contributed by atoms with E-state index in [1.165, 1.54) is 11.8 Å². The zero-order valence-corrected chi connectivity index (χ0v) is 13.4. The van der Waals surface area contributed by atoms with Crippen LogP contribution >= 0.6 is 27.7 Å². The molecular formula is C15H13BrN2O2S. The van der Waals surface area contributed by atoms with Crippen LogP contribution in [0.4, 0.5) is 5.69 Å². The van der Waals surface area contributed by atoms with Gasteiger partial charge in [-0.15, -0.1) is 11.8 Å². The first-order valence-electron chi connectivity index (χ1n) is 6.13. The van der Waals surface area contributed by atoms with Gasteiger partial charge in [0, 0.05) is 20.6 Å². The molecule has 0 saturated heterocycles. The highest BCUT2D eigenvalue weighted by Crippen LogP contribution is 2.26. The number of thioether (sulfide) groups is 1. The molecule has 0 aliphatic rings. The SMILES string of the molecule is NC(=O)c1ccc(NC(=O)CSc2ccccc2Br)cc1. The van der Waals surface area contributed by atoms with Gasteiger partial charge in [-0.1, -0.05) is 12.1 Å². The number of anilines is 1. The lowest BCUT2D eigenvalue weighted by Crippen LogP contribution is -2.15. The molecule has 0 fully saturated rings. The zero-order valence-electron chi connectivity index (χ0n) is 11.0. The van der Waals surface area contributed by atoms with Crippen LogP contribution in [0.15, 0.2) is 57.9 Å². The van der Waals surface area contributed by atoms with Gasteiger partial charge in [-0.3, -0.25) is 9.59 Å². The minimum atomic E-state index is -0.489. The molecule has 4 nitrogen and oxygen atoms in total. The standard InChI is InChI=1S/C15H13BrN2O2S/c16-12-3-1-2-4-13(12)21-9-14(19)18-11-7-5-10(6-8-11)15(17)20/h1-8H,9H2,(H2,17,20)(H,18,19). The average Bonchev–Trinajstić information content (AvgIpc) is 2.47. The maximum absolute atomic E-state index is 11.9. The van der Waals surface area contributed by atoms with Gasteiger partial charge in [0.1, 0.15) is 0 Å². The van der Waals surface area contributed by atoms with Crippen LogP contribution in [0.2, 0.25) is 0 Å². The lowest BCUT2D eigenvalue weighted by molar-refractivity contribution is -0.113. The number of carbonyl (C=O) groups is 2. The number of nitrogens with one attached hydrogen (secondary N) is 1. The molecule has 0 aromatic heterocycles. The van der Waals surface area contributed by atoms with Crippen molar-refractivity contribution < 1.29 is 9.59 Å². The Kier molecular flexibility index (Phi) is 5.41. The molecule has 0 saturated carbocycles. The number of hydrogen-bond acceptors (Lipinski definition) is 3. The van der Waals surface area contributed by atoms with Crippen molar-refractivity contribution in [3.63, 3.8) is 0 Å². The smallest absolute Gasteiger partial charge is 0.248 e. The maximum atomic E-state index is 11.9. The van der Waals surface area contributed by atoms with Gasteiger partial charge in [0.15, 0.2) is 0 Å². The van der Waals surface area contributed by atoms with Crippen molar-refractivity contribution in [1.29, 1.82) is 0 Å². The van der Waals surface area contributed by atoms with E-state index in [2.05, 4.69) is 21.2 Å². The highest BCUT2D eigenvalue weighted by Gasteiger charge is 2.06. The summed E-state index contributed by atoms with van der Waals surface area (Å²) in [7, 11) is 0. The molecular weight excluding hydrogens is 352 g/mol. The molecule has 0 atom stereocenters. The van der Waals surface area contributed by atoms with Crippen LogP contribution in [0.1, 0.15) is 10.4 Å². The molecule has 2 aromatic rings. The van der Waals surface area contributed by atoms with Crippen LogP contribution in [0.25, 0.3) is 0 Å². The quantitative estimate of drug-likeness (QED) is 0.799. The third kappa shape index (κ3) is 4.61. The van der Waals surface area contributed by atoms with E-state index < -0.39 is 5.91 Å². The Labute approximate surface area is 135 Å². The number of halogens is 1. The number of carbonyl (C=O) groups excluding carboxylic acids is 2. The van der Waals surface area contributed by atoms with Gasteiger partial charge in [0.05, 0.1) is 5.75 Å². The first kappa shape index (κ1) is 15.6. The Hall–Kier alpha value is -1.79. The zero-order chi connectivity index (χ0) is 15.2. The van der Waals surface area contributed by atoms with Crippen molar-refractivity contribution >= 4 is 45.2 Å². The Morgan fingerprint density at radius 1 is 1.10 bits per heavy atom. The van der Waals surface area contributed by atoms with E-state index in [0.717, 1.165) is 9.37 Å². The van der Waals surface area contributed by atoms with E-state index in [1.807, 2.05) is 24.3 Å². The highest BCUT2D eigenvalue weighted by atomic mass is 79.9. The van der Waals surface area contributed by atoms with Crippen molar-refractivity contribution in [3.8, 4) is 0 Å². The minimum Gasteiger partial charge on any atom is -0.366 e. The number of primary amides is 1. The van der Waals surface area contributed by atoms with Crippen LogP contribution in [0.5, 0.6) is 0 Å². The van der Waals surface area contributed by atoms with E-state index >= 15 is 0 Å². The van der Waals surface area contributed by atoms with Crippen LogP contribution in [-0.2, 0) is 4.79 Å². The van der Waals surface area contributed by atoms with Gasteiger partial charge in [0.2, 0.25) is 11.8 Å². The molecule has 0 aliphatic carbocycles. The summed E-state index contributed by atoms with van der Waals surface area (Å²) < 4.78 is 0.966. The lowest BCUT2D eigenvalue weighted by Gasteiger charge is -2.06. The fourth-order valence-corrected chi connectivity index (χ4v) is 2.99. The molecule has 0 radical (unpaired) electrons. The minimum absolute atomic E-state index is 0.109. The predicted molar refractivity (Wildman–Crippen MR) is 88.5 cm³/mol. The Morgan fingerprint density at radius 3 is 2.38 bits per heavy atom. The second-order valence-corrected chi connectivity index (χ2v) is 6.08. The molecule has 0 unspecified atom stereocenters. The second-order valence-electron chi connectivity index (χ2n) is 4.21. The molecule has 21 heavy (non-hydrogen) atoms. The van der Waals surface area contributed by atoms with Crippen molar-refractivity contribution in [2.24, 2.45) is 5.73 Å². The summed E-state index contributed by atoms with van der Waals surface area (Å²) in [5.41, 5.74) is 6.21. The van der Waals surface area contributed by atoms with Crippen molar-refractivity contribution in [1.82, 2.24) is 0 Å². The number of amides is 2. The summed E-state index contributed by atoms with van der Waals surface area (Å²) in [5.74, 6) is -0.292. The maximum Gasteiger partial charge on any atom is 0.248 e. The largest absolute Gasteiger partial charge is 0.366 e. The number of benzene rings is 2. The average molecular weight is 365 g/mol. The molecule has 3 N–H and O–H groups in total. The van der Waals surface area contributed by atoms with Crippen molar-refractivity contribution in [2.75, 3.05) is 11.1 Å². The predicted octanol–water partition coefficient (Wildman–Crippen LogP) is 3.28. The molecule has 0 aliphatic heterocycles. The lowest BCUT2D eigenvalue weighted by atomic mass is 10.2. The topological polar surface area (TPSA) is 72.2 Å². The fourth-order valence-electron chi connectivity index (χ4n) is 1.62. The van der Waals surface area contributed by atoms with Crippen LogP contribution in [-0.4, -0.2) is 17.6 Å². The molecule has 108 valence electrons. The van der Waals surface area contributed by atoms with Gasteiger partial charge in [-0.05, 0) is 52.3 Å². The molecule has 0 spiro atoms. The summed E-state index contributed by atoms with van der Waals surface area (Å²) >= 11 is 4.89. The van der Waals surface area contributed by atoms with Crippen LogP contribution < -0.4 is 11.1 Å². The van der Waals surface area contributed by atoms with Crippen molar-refractivity contribution in [3.05, 3.63) is 58.6 Å². The molecule has 2 aromatic carbocycles. The second kappa shape index (κ2) is 7.28. The Morgan fingerprint density at radius 2 is 1.76 bits per heavy atom. The van der Waals surface area contributed by atoms with Crippen LogP contribution in [0, 0.1) is 0 Å². The number of rotatable bonds is 5. The molecule has 2 rings (SSSR count).